The van der Waals surface area contributed by atoms with Crippen LogP contribution in [0.2, 0.25) is 5.15 Å². The highest BCUT2D eigenvalue weighted by atomic mass is 35.5. The first-order valence-electron chi connectivity index (χ1n) is 10.5. The van der Waals surface area contributed by atoms with Gasteiger partial charge in [-0.2, -0.15) is 0 Å². The minimum absolute atomic E-state index is 0.0958. The predicted octanol–water partition coefficient (Wildman–Crippen LogP) is 4.02. The van der Waals surface area contributed by atoms with E-state index in [2.05, 4.69) is 22.2 Å². The molecule has 2 aliphatic heterocycles. The molecule has 3 heterocycles. The Hall–Kier alpha value is -1.73. The minimum atomic E-state index is -0.494. The highest BCUT2D eigenvalue weighted by molar-refractivity contribution is 6.29. The molecule has 29 heavy (non-hydrogen) atoms. The predicted molar refractivity (Wildman–Crippen MR) is 115 cm³/mol. The summed E-state index contributed by atoms with van der Waals surface area (Å²) in [6, 6.07) is 3.76. The van der Waals surface area contributed by atoms with Crippen molar-refractivity contribution in [3.63, 3.8) is 0 Å². The monoisotopic (exact) mass is 424 g/mol. The molecule has 3 rings (SSSR count). The lowest BCUT2D eigenvalue weighted by atomic mass is 10.1. The largest absolute Gasteiger partial charge is 0.490 e. The van der Waals surface area contributed by atoms with E-state index in [4.69, 9.17) is 21.1 Å². The number of likely N-dealkylation sites (tertiary alicyclic amines) is 2. The van der Waals surface area contributed by atoms with Crippen LogP contribution >= 0.6 is 11.6 Å². The van der Waals surface area contributed by atoms with Crippen molar-refractivity contribution in [1.29, 1.82) is 0 Å². The molecule has 0 saturated carbocycles. The number of aromatic nitrogens is 1. The van der Waals surface area contributed by atoms with Gasteiger partial charge in [-0.1, -0.05) is 11.6 Å². The molecular weight excluding hydrogens is 392 g/mol. The molecule has 1 atom stereocenters. The zero-order valence-corrected chi connectivity index (χ0v) is 18.7. The standard InChI is InChI=1S/C21H33ClN4O3/c1-21(2,3)29-20(27)26-9-5-6-15(14-26)23-19-13-17(12-18(22)24-19)28-16-7-10-25(4)11-8-16/h12-13,15-16H,5-11,14H2,1-4H3,(H,23,24)/t15-/m0/s1. The van der Waals surface area contributed by atoms with E-state index in [-0.39, 0.29) is 18.2 Å². The number of piperidine rings is 2. The van der Waals surface area contributed by atoms with Gasteiger partial charge in [0.2, 0.25) is 0 Å². The molecule has 0 bridgehead atoms. The average molecular weight is 425 g/mol. The van der Waals surface area contributed by atoms with Crippen molar-refractivity contribution in [2.45, 2.75) is 64.2 Å². The van der Waals surface area contributed by atoms with E-state index in [1.165, 1.54) is 0 Å². The first-order valence-corrected chi connectivity index (χ1v) is 10.8. The molecule has 0 unspecified atom stereocenters. The molecule has 1 amide bonds. The van der Waals surface area contributed by atoms with Crippen LogP contribution in [0.3, 0.4) is 0 Å². The van der Waals surface area contributed by atoms with Crippen molar-refractivity contribution in [1.82, 2.24) is 14.8 Å². The second-order valence-electron chi connectivity index (χ2n) is 9.04. The number of amides is 1. The van der Waals surface area contributed by atoms with Gasteiger partial charge in [0.15, 0.2) is 0 Å². The number of rotatable bonds is 4. The van der Waals surface area contributed by atoms with Crippen molar-refractivity contribution >= 4 is 23.5 Å². The third kappa shape index (κ3) is 6.93. The number of nitrogens with one attached hydrogen (secondary N) is 1. The summed E-state index contributed by atoms with van der Waals surface area (Å²) in [5, 5.41) is 3.82. The molecule has 0 aromatic carbocycles. The van der Waals surface area contributed by atoms with E-state index < -0.39 is 5.60 Å². The Balaban J connectivity index is 1.59. The van der Waals surface area contributed by atoms with Crippen LogP contribution in [0.5, 0.6) is 5.75 Å². The van der Waals surface area contributed by atoms with Gasteiger partial charge in [-0.15, -0.1) is 0 Å². The van der Waals surface area contributed by atoms with Crippen molar-refractivity contribution in [2.75, 3.05) is 38.5 Å². The smallest absolute Gasteiger partial charge is 0.410 e. The topological polar surface area (TPSA) is 66.9 Å². The van der Waals surface area contributed by atoms with E-state index in [1.54, 1.807) is 11.0 Å². The lowest BCUT2D eigenvalue weighted by Crippen LogP contribution is -2.47. The minimum Gasteiger partial charge on any atom is -0.490 e. The van der Waals surface area contributed by atoms with Crippen LogP contribution in [0, 0.1) is 0 Å². The molecular formula is C21H33ClN4O3. The third-order valence-corrected chi connectivity index (χ3v) is 5.35. The number of hydrogen-bond acceptors (Lipinski definition) is 6. The van der Waals surface area contributed by atoms with Gasteiger partial charge in [0.1, 0.15) is 28.4 Å². The maximum Gasteiger partial charge on any atom is 0.410 e. The van der Waals surface area contributed by atoms with Crippen LogP contribution in [0.15, 0.2) is 12.1 Å². The molecule has 8 heteroatoms. The Morgan fingerprint density at radius 1 is 1.21 bits per heavy atom. The summed E-state index contributed by atoms with van der Waals surface area (Å²) in [6.45, 7) is 9.01. The van der Waals surface area contributed by atoms with Gasteiger partial charge in [0.05, 0.1) is 0 Å². The quantitative estimate of drug-likeness (QED) is 0.736. The van der Waals surface area contributed by atoms with Crippen molar-refractivity contribution in [3.05, 3.63) is 17.3 Å². The van der Waals surface area contributed by atoms with Crippen molar-refractivity contribution in [2.24, 2.45) is 0 Å². The first kappa shape index (κ1) is 22.0. The number of halogens is 1. The van der Waals surface area contributed by atoms with E-state index in [0.717, 1.165) is 44.5 Å². The summed E-state index contributed by atoms with van der Waals surface area (Å²) in [5.41, 5.74) is -0.494. The highest BCUT2D eigenvalue weighted by Gasteiger charge is 2.28. The number of ether oxygens (including phenoxy) is 2. The van der Waals surface area contributed by atoms with Crippen LogP contribution in [0.25, 0.3) is 0 Å². The molecule has 0 spiro atoms. The van der Waals surface area contributed by atoms with Crippen molar-refractivity contribution in [3.8, 4) is 5.75 Å². The molecule has 0 radical (unpaired) electrons. The second kappa shape index (κ2) is 9.39. The van der Waals surface area contributed by atoms with Crippen LogP contribution in [0.4, 0.5) is 10.6 Å². The maximum absolute atomic E-state index is 12.4. The van der Waals surface area contributed by atoms with E-state index in [9.17, 15) is 4.79 Å². The normalized spacial score (nSPS) is 21.7. The summed E-state index contributed by atoms with van der Waals surface area (Å²) in [6.07, 6.45) is 3.82. The fourth-order valence-corrected chi connectivity index (χ4v) is 3.91. The lowest BCUT2D eigenvalue weighted by molar-refractivity contribution is 0.0206. The van der Waals surface area contributed by atoms with E-state index in [0.29, 0.717) is 24.1 Å². The fourth-order valence-electron chi connectivity index (χ4n) is 3.71. The summed E-state index contributed by atoms with van der Waals surface area (Å²) >= 11 is 6.24. The Kier molecular flexibility index (Phi) is 7.11. The van der Waals surface area contributed by atoms with Gasteiger partial charge in [-0.3, -0.25) is 0 Å². The van der Waals surface area contributed by atoms with E-state index >= 15 is 0 Å². The third-order valence-electron chi connectivity index (χ3n) is 5.16. The van der Waals surface area contributed by atoms with Gasteiger partial charge in [-0.05, 0) is 53.5 Å². The van der Waals surface area contributed by atoms with Gasteiger partial charge in [-0.25, -0.2) is 9.78 Å². The highest BCUT2D eigenvalue weighted by Crippen LogP contribution is 2.26. The number of nitrogens with zero attached hydrogens (tertiary/aromatic N) is 3. The first-order chi connectivity index (χ1) is 13.7. The number of carbonyl (C=O) groups is 1. The van der Waals surface area contributed by atoms with Crippen molar-refractivity contribution < 1.29 is 14.3 Å². The Morgan fingerprint density at radius 3 is 2.62 bits per heavy atom. The number of pyridine rings is 1. The summed E-state index contributed by atoms with van der Waals surface area (Å²) in [4.78, 5) is 20.8. The zero-order valence-electron chi connectivity index (χ0n) is 17.9. The molecule has 2 aliphatic rings. The number of hydrogen-bond donors (Lipinski definition) is 1. The van der Waals surface area contributed by atoms with Crippen LogP contribution in [0.1, 0.15) is 46.5 Å². The molecule has 1 N–H and O–H groups in total. The zero-order chi connectivity index (χ0) is 21.0. The fraction of sp³-hybridized carbons (Fsp3) is 0.714. The van der Waals surface area contributed by atoms with Crippen LogP contribution < -0.4 is 10.1 Å². The molecule has 162 valence electrons. The van der Waals surface area contributed by atoms with Gasteiger partial charge < -0.3 is 24.6 Å². The molecule has 1 aromatic heterocycles. The Labute approximate surface area is 178 Å². The lowest BCUT2D eigenvalue weighted by Gasteiger charge is -2.34. The van der Waals surface area contributed by atoms with Gasteiger partial charge in [0.25, 0.3) is 0 Å². The summed E-state index contributed by atoms with van der Waals surface area (Å²) in [5.74, 6) is 1.42. The van der Waals surface area contributed by atoms with E-state index in [1.807, 2.05) is 26.8 Å². The molecule has 7 nitrogen and oxygen atoms in total. The van der Waals surface area contributed by atoms with Crippen LogP contribution in [-0.4, -0.2) is 71.9 Å². The second-order valence-corrected chi connectivity index (χ2v) is 9.43. The molecule has 2 saturated heterocycles. The molecule has 2 fully saturated rings. The van der Waals surface area contributed by atoms with Gasteiger partial charge in [0, 0.05) is 44.4 Å². The summed E-state index contributed by atoms with van der Waals surface area (Å²) < 4.78 is 11.7. The van der Waals surface area contributed by atoms with Gasteiger partial charge >= 0.3 is 6.09 Å². The molecule has 0 aliphatic carbocycles. The number of carbonyl (C=O) groups excluding carboxylic acids is 1. The van der Waals surface area contributed by atoms with Crippen LogP contribution in [-0.2, 0) is 4.74 Å². The molecule has 1 aromatic rings. The Bertz CT molecular complexity index is 702. The SMILES string of the molecule is CN1CCC(Oc2cc(Cl)nc(N[C@H]3CCCN(C(=O)OC(C)(C)C)C3)c2)CC1. The number of anilines is 1. The Morgan fingerprint density at radius 2 is 1.93 bits per heavy atom. The maximum atomic E-state index is 12.4. The summed E-state index contributed by atoms with van der Waals surface area (Å²) in [7, 11) is 2.13. The average Bonchev–Trinajstić information content (AvgIpc) is 2.62.